The van der Waals surface area contributed by atoms with E-state index in [0.717, 1.165) is 60.7 Å². The molecular formula is C30H43NO4. The number of benzene rings is 2. The first kappa shape index (κ1) is 28.3. The van der Waals surface area contributed by atoms with Gasteiger partial charge in [0.2, 0.25) is 0 Å². The topological polar surface area (TPSA) is 40.2 Å². The Morgan fingerprint density at radius 2 is 1.54 bits per heavy atom. The van der Waals surface area contributed by atoms with Crippen molar-refractivity contribution in [2.75, 3.05) is 48.6 Å². The largest absolute Gasteiger partial charge is 0.501 e. The summed E-state index contributed by atoms with van der Waals surface area (Å²) in [5.41, 5.74) is 3.13. The molecule has 0 saturated carbocycles. The number of rotatable bonds is 15. The van der Waals surface area contributed by atoms with Gasteiger partial charge in [0.1, 0.15) is 5.76 Å². The van der Waals surface area contributed by atoms with Crippen molar-refractivity contribution in [3.05, 3.63) is 78.1 Å². The minimum absolute atomic E-state index is 0.290. The van der Waals surface area contributed by atoms with E-state index < -0.39 is 0 Å². The van der Waals surface area contributed by atoms with Crippen LogP contribution < -0.4 is 9.47 Å². The Morgan fingerprint density at radius 1 is 0.886 bits per heavy atom. The number of allylic oxidation sites excluding steroid dienone is 1. The summed E-state index contributed by atoms with van der Waals surface area (Å²) < 4.78 is 22.0. The lowest BCUT2D eigenvalue weighted by atomic mass is 9.67. The van der Waals surface area contributed by atoms with Gasteiger partial charge in [-0.05, 0) is 62.0 Å². The van der Waals surface area contributed by atoms with Crippen molar-refractivity contribution in [1.82, 2.24) is 4.90 Å². The van der Waals surface area contributed by atoms with Gasteiger partial charge in [0, 0.05) is 12.1 Å². The number of nitrogens with zero attached hydrogens (tertiary/aromatic N) is 1. The maximum absolute atomic E-state index is 5.76. The van der Waals surface area contributed by atoms with Gasteiger partial charge in [-0.1, -0.05) is 57.3 Å². The average molecular weight is 482 g/mol. The van der Waals surface area contributed by atoms with Gasteiger partial charge in [-0.3, -0.25) is 0 Å². The number of methoxy groups -OCH3 is 4. The number of ether oxygens (including phenoxy) is 4. The fraction of sp³-hybridized carbons (Fsp3) is 0.467. The molecule has 2 aromatic carbocycles. The van der Waals surface area contributed by atoms with Crippen molar-refractivity contribution < 1.29 is 18.9 Å². The highest BCUT2D eigenvalue weighted by molar-refractivity contribution is 5.57. The summed E-state index contributed by atoms with van der Waals surface area (Å²) in [5.74, 6) is 3.20. The summed E-state index contributed by atoms with van der Waals surface area (Å²) in [5, 5.41) is 0. The fourth-order valence-electron chi connectivity index (χ4n) is 4.72. The van der Waals surface area contributed by atoms with Gasteiger partial charge in [0.15, 0.2) is 11.5 Å². The molecule has 2 aromatic rings. The Kier molecular flexibility index (Phi) is 10.7. The summed E-state index contributed by atoms with van der Waals surface area (Å²) in [7, 11) is 8.85. The molecule has 0 aliphatic rings. The first-order chi connectivity index (χ1) is 16.7. The Hall–Kier alpha value is -2.92. The molecule has 0 saturated heterocycles. The fourth-order valence-corrected chi connectivity index (χ4v) is 4.72. The first-order valence-electron chi connectivity index (χ1n) is 12.2. The van der Waals surface area contributed by atoms with Crippen LogP contribution in [0.25, 0.3) is 5.76 Å². The van der Waals surface area contributed by atoms with E-state index >= 15 is 0 Å². The molecule has 0 amide bonds. The van der Waals surface area contributed by atoms with Crippen molar-refractivity contribution in [2.45, 2.75) is 38.5 Å². The molecule has 0 aromatic heterocycles. The second-order valence-electron chi connectivity index (χ2n) is 9.30. The summed E-state index contributed by atoms with van der Waals surface area (Å²) >= 11 is 0. The van der Waals surface area contributed by atoms with E-state index in [1.165, 1.54) is 5.56 Å². The predicted octanol–water partition coefficient (Wildman–Crippen LogP) is 6.33. The molecular weight excluding hydrogens is 438 g/mol. The van der Waals surface area contributed by atoms with E-state index in [0.29, 0.717) is 11.7 Å². The van der Waals surface area contributed by atoms with Crippen LogP contribution in [-0.4, -0.2) is 53.5 Å². The monoisotopic (exact) mass is 481 g/mol. The van der Waals surface area contributed by atoms with Crippen molar-refractivity contribution in [3.8, 4) is 11.5 Å². The smallest absolute Gasteiger partial charge is 0.161 e. The van der Waals surface area contributed by atoms with E-state index in [1.54, 1.807) is 28.4 Å². The molecule has 0 fully saturated rings. The van der Waals surface area contributed by atoms with E-state index in [2.05, 4.69) is 75.4 Å². The van der Waals surface area contributed by atoms with Crippen molar-refractivity contribution in [2.24, 2.45) is 5.92 Å². The third-order valence-corrected chi connectivity index (χ3v) is 7.04. The lowest BCUT2D eigenvalue weighted by molar-refractivity contribution is 0.169. The van der Waals surface area contributed by atoms with E-state index in [9.17, 15) is 0 Å². The predicted molar refractivity (Wildman–Crippen MR) is 145 cm³/mol. The zero-order valence-electron chi connectivity index (χ0n) is 22.6. The lowest BCUT2D eigenvalue weighted by Gasteiger charge is -2.39. The van der Waals surface area contributed by atoms with Crippen LogP contribution in [0, 0.1) is 5.92 Å². The number of hydrogen-bond donors (Lipinski definition) is 0. The van der Waals surface area contributed by atoms with Crippen molar-refractivity contribution in [1.29, 1.82) is 0 Å². The van der Waals surface area contributed by atoms with Gasteiger partial charge in [0.05, 0.1) is 39.6 Å². The molecule has 2 rings (SSSR count). The number of hydrogen-bond acceptors (Lipinski definition) is 5. The summed E-state index contributed by atoms with van der Waals surface area (Å²) in [4.78, 5) is 2.39. The molecule has 0 heterocycles. The highest BCUT2D eigenvalue weighted by Crippen LogP contribution is 2.45. The van der Waals surface area contributed by atoms with Crippen LogP contribution in [0.15, 0.2) is 61.4 Å². The summed E-state index contributed by atoms with van der Waals surface area (Å²) in [6.07, 6.45) is 2.93. The van der Waals surface area contributed by atoms with Crippen LogP contribution in [0.2, 0.25) is 0 Å². The molecule has 35 heavy (non-hydrogen) atoms. The van der Waals surface area contributed by atoms with Crippen molar-refractivity contribution >= 4 is 5.76 Å². The molecule has 0 N–H and O–H groups in total. The van der Waals surface area contributed by atoms with Crippen LogP contribution in [0.1, 0.15) is 43.4 Å². The summed E-state index contributed by atoms with van der Waals surface area (Å²) in [6, 6.07) is 14.6. The molecule has 0 aliphatic heterocycles. The van der Waals surface area contributed by atoms with Gasteiger partial charge in [-0.15, -0.1) is 0 Å². The van der Waals surface area contributed by atoms with Crippen LogP contribution >= 0.6 is 0 Å². The first-order valence-corrected chi connectivity index (χ1v) is 12.2. The average Bonchev–Trinajstić information content (AvgIpc) is 2.88. The van der Waals surface area contributed by atoms with Gasteiger partial charge >= 0.3 is 0 Å². The maximum atomic E-state index is 5.76. The summed E-state index contributed by atoms with van der Waals surface area (Å²) in [6.45, 7) is 14.7. The second-order valence-corrected chi connectivity index (χ2v) is 9.30. The van der Waals surface area contributed by atoms with Crippen molar-refractivity contribution in [3.63, 3.8) is 0 Å². The normalized spacial score (nSPS) is 12.8. The molecule has 0 spiro atoms. The van der Waals surface area contributed by atoms with Crippen LogP contribution in [0.5, 0.6) is 11.5 Å². The Balaban J connectivity index is 2.09. The maximum Gasteiger partial charge on any atom is 0.161 e. The van der Waals surface area contributed by atoms with Crippen LogP contribution in [0.3, 0.4) is 0 Å². The standard InChI is InChI=1S/C30H43NO4/c1-22(2)30(24(4)33-7,27-15-16-28(34-8)29(21-27)35-9)18-10-19-31(5)20-17-25-11-13-26(14-12-25)23(3)32-6/h11-16,21-22H,3-4,10,17-20H2,1-2,5-9H3. The molecule has 1 atom stereocenters. The Bertz CT molecular complexity index is 967. The third kappa shape index (κ3) is 6.82. The molecule has 1 unspecified atom stereocenters. The minimum Gasteiger partial charge on any atom is -0.501 e. The molecule has 192 valence electrons. The number of likely N-dealkylation sites (N-methyl/N-ethyl adjacent to an activating group) is 1. The highest BCUT2D eigenvalue weighted by Gasteiger charge is 2.40. The van der Waals surface area contributed by atoms with Crippen LogP contribution in [-0.2, 0) is 21.3 Å². The zero-order valence-corrected chi connectivity index (χ0v) is 22.6. The SMILES string of the molecule is C=C(OC)c1ccc(CCN(C)CCCC(C(=C)OC)(c2ccc(OC)c(OC)c2)C(C)C)cc1. The Morgan fingerprint density at radius 3 is 2.09 bits per heavy atom. The third-order valence-electron chi connectivity index (χ3n) is 7.04. The van der Waals surface area contributed by atoms with Gasteiger partial charge in [-0.2, -0.15) is 0 Å². The zero-order chi connectivity index (χ0) is 26.0. The van der Waals surface area contributed by atoms with Gasteiger partial charge in [-0.25, -0.2) is 0 Å². The van der Waals surface area contributed by atoms with Gasteiger partial charge < -0.3 is 23.8 Å². The Labute approximate surface area is 212 Å². The lowest BCUT2D eigenvalue weighted by Crippen LogP contribution is -2.36. The van der Waals surface area contributed by atoms with Gasteiger partial charge in [0.25, 0.3) is 0 Å². The van der Waals surface area contributed by atoms with E-state index in [4.69, 9.17) is 18.9 Å². The molecule has 0 radical (unpaired) electrons. The minimum atomic E-state index is -0.325. The molecule has 0 bridgehead atoms. The quantitative estimate of drug-likeness (QED) is 0.278. The highest BCUT2D eigenvalue weighted by atomic mass is 16.5. The van der Waals surface area contributed by atoms with E-state index in [1.807, 2.05) is 6.07 Å². The molecule has 0 aliphatic carbocycles. The molecule has 5 nitrogen and oxygen atoms in total. The molecule has 5 heteroatoms. The second kappa shape index (κ2) is 13.2. The van der Waals surface area contributed by atoms with E-state index in [-0.39, 0.29) is 5.41 Å². The van der Waals surface area contributed by atoms with Crippen LogP contribution in [0.4, 0.5) is 0 Å².